The topological polar surface area (TPSA) is 12.0 Å². The van der Waals surface area contributed by atoms with Crippen LogP contribution in [0.2, 0.25) is 0 Å². The van der Waals surface area contributed by atoms with Gasteiger partial charge in [0.25, 0.3) is 0 Å². The molecule has 0 fully saturated rings. The van der Waals surface area contributed by atoms with E-state index >= 15 is 0 Å². The molecule has 15 heavy (non-hydrogen) atoms. The third kappa shape index (κ3) is 2.42. The Bertz CT molecular complexity index is 351. The third-order valence-electron chi connectivity index (χ3n) is 2.93. The lowest BCUT2D eigenvalue weighted by atomic mass is 10.2. The van der Waals surface area contributed by atoms with E-state index in [1.165, 1.54) is 24.1 Å². The van der Waals surface area contributed by atoms with Gasteiger partial charge in [-0.1, -0.05) is 12.8 Å². The van der Waals surface area contributed by atoms with Crippen molar-refractivity contribution in [2.45, 2.75) is 45.2 Å². The first-order valence-electron chi connectivity index (χ1n) is 5.63. The second-order valence-corrected chi connectivity index (χ2v) is 5.24. The lowest BCUT2D eigenvalue weighted by Gasteiger charge is -2.08. The Labute approximate surface area is 95.9 Å². The molecule has 0 aromatic carbocycles. The minimum atomic E-state index is 0.224. The number of aryl methyl sites for hydroxylation is 2. The highest BCUT2D eigenvalue weighted by Crippen LogP contribution is 2.30. The van der Waals surface area contributed by atoms with E-state index in [4.69, 9.17) is 6.42 Å². The summed E-state index contributed by atoms with van der Waals surface area (Å²) in [6.45, 7) is 3.05. The number of thiophene rings is 1. The van der Waals surface area contributed by atoms with E-state index in [2.05, 4.69) is 24.2 Å². The van der Waals surface area contributed by atoms with Crippen molar-refractivity contribution >= 4 is 11.3 Å². The van der Waals surface area contributed by atoms with Crippen molar-refractivity contribution in [1.82, 2.24) is 5.32 Å². The molecular weight excluding hydrogens is 202 g/mol. The summed E-state index contributed by atoms with van der Waals surface area (Å²) < 4.78 is 0. The van der Waals surface area contributed by atoms with Crippen LogP contribution in [0.3, 0.4) is 0 Å². The van der Waals surface area contributed by atoms with Gasteiger partial charge in [-0.25, -0.2) is 0 Å². The Kier molecular flexibility index (Phi) is 3.45. The van der Waals surface area contributed by atoms with E-state index in [1.807, 2.05) is 11.3 Å². The summed E-state index contributed by atoms with van der Waals surface area (Å²) in [4.78, 5) is 3.04. The molecule has 2 heteroatoms. The zero-order valence-corrected chi connectivity index (χ0v) is 9.99. The van der Waals surface area contributed by atoms with Gasteiger partial charge < -0.3 is 0 Å². The number of rotatable bonds is 4. The van der Waals surface area contributed by atoms with Crippen LogP contribution in [-0.4, -0.2) is 6.04 Å². The minimum absolute atomic E-state index is 0.224. The van der Waals surface area contributed by atoms with Crippen molar-refractivity contribution in [2.75, 3.05) is 0 Å². The molecule has 1 N–H and O–H groups in total. The Morgan fingerprint density at radius 1 is 1.60 bits per heavy atom. The number of terminal acetylenes is 1. The van der Waals surface area contributed by atoms with Gasteiger partial charge in [0.15, 0.2) is 0 Å². The van der Waals surface area contributed by atoms with E-state index < -0.39 is 0 Å². The largest absolute Gasteiger partial charge is 0.299 e. The summed E-state index contributed by atoms with van der Waals surface area (Å²) in [5.41, 5.74) is 1.57. The van der Waals surface area contributed by atoms with Gasteiger partial charge in [0.1, 0.15) is 0 Å². The van der Waals surface area contributed by atoms with Gasteiger partial charge in [-0.05, 0) is 37.3 Å². The van der Waals surface area contributed by atoms with E-state index in [9.17, 15) is 0 Å². The molecule has 1 atom stereocenters. The maximum Gasteiger partial charge on any atom is 0.0687 e. The van der Waals surface area contributed by atoms with Gasteiger partial charge >= 0.3 is 0 Å². The fourth-order valence-electron chi connectivity index (χ4n) is 2.02. The van der Waals surface area contributed by atoms with Crippen LogP contribution in [0.5, 0.6) is 0 Å². The van der Waals surface area contributed by atoms with Crippen LogP contribution in [-0.2, 0) is 19.4 Å². The average molecular weight is 219 g/mol. The Hall–Kier alpha value is -0.780. The standard InChI is InChI=1S/C13H17NS/c1-3-11(4-2)14-9-12-8-10-6-5-7-13(10)15-12/h1,8,11,14H,4-7,9H2,2H3. The van der Waals surface area contributed by atoms with Crippen molar-refractivity contribution in [1.29, 1.82) is 0 Å². The van der Waals surface area contributed by atoms with Crippen molar-refractivity contribution in [3.05, 3.63) is 21.4 Å². The first-order valence-corrected chi connectivity index (χ1v) is 6.45. The molecule has 1 unspecified atom stereocenters. The van der Waals surface area contributed by atoms with E-state index in [0.717, 1.165) is 13.0 Å². The summed E-state index contributed by atoms with van der Waals surface area (Å²) in [5.74, 6) is 2.76. The molecule has 80 valence electrons. The molecule has 0 saturated carbocycles. The molecule has 1 heterocycles. The Morgan fingerprint density at radius 3 is 3.13 bits per heavy atom. The van der Waals surface area contributed by atoms with Crippen molar-refractivity contribution < 1.29 is 0 Å². The average Bonchev–Trinajstić information content (AvgIpc) is 2.79. The van der Waals surface area contributed by atoms with E-state index in [1.54, 1.807) is 10.4 Å². The third-order valence-corrected chi connectivity index (χ3v) is 4.17. The summed E-state index contributed by atoms with van der Waals surface area (Å²) in [7, 11) is 0. The summed E-state index contributed by atoms with van der Waals surface area (Å²) >= 11 is 1.95. The number of hydrogen-bond acceptors (Lipinski definition) is 2. The second kappa shape index (κ2) is 4.83. The fraction of sp³-hybridized carbons (Fsp3) is 0.538. The predicted molar refractivity (Wildman–Crippen MR) is 66.1 cm³/mol. The van der Waals surface area contributed by atoms with E-state index in [-0.39, 0.29) is 6.04 Å². The number of hydrogen-bond donors (Lipinski definition) is 1. The number of nitrogens with one attached hydrogen (secondary N) is 1. The van der Waals surface area contributed by atoms with Crippen LogP contribution < -0.4 is 5.32 Å². The smallest absolute Gasteiger partial charge is 0.0687 e. The maximum absolute atomic E-state index is 5.41. The zero-order valence-electron chi connectivity index (χ0n) is 9.18. The molecule has 0 aliphatic heterocycles. The molecular formula is C13H17NS. The van der Waals surface area contributed by atoms with Crippen molar-refractivity contribution in [3.8, 4) is 12.3 Å². The molecule has 2 rings (SSSR count). The molecule has 0 amide bonds. The second-order valence-electron chi connectivity index (χ2n) is 4.02. The monoisotopic (exact) mass is 219 g/mol. The molecule has 1 aromatic heterocycles. The molecule has 0 saturated heterocycles. The quantitative estimate of drug-likeness (QED) is 0.768. The summed E-state index contributed by atoms with van der Waals surface area (Å²) in [5, 5.41) is 3.40. The van der Waals surface area contributed by atoms with Gasteiger partial charge in [0.05, 0.1) is 6.04 Å². The fourth-order valence-corrected chi connectivity index (χ4v) is 3.23. The highest BCUT2D eigenvalue weighted by molar-refractivity contribution is 7.12. The predicted octanol–water partition coefficient (Wildman–Crippen LogP) is 2.74. The van der Waals surface area contributed by atoms with Crippen LogP contribution in [0.4, 0.5) is 0 Å². The zero-order chi connectivity index (χ0) is 10.7. The normalized spacial score (nSPS) is 16.0. The summed E-state index contributed by atoms with van der Waals surface area (Å²) in [6.07, 6.45) is 10.3. The van der Waals surface area contributed by atoms with Crippen molar-refractivity contribution in [2.24, 2.45) is 0 Å². The van der Waals surface area contributed by atoms with Crippen LogP contribution in [0.15, 0.2) is 6.07 Å². The van der Waals surface area contributed by atoms with Crippen LogP contribution in [0, 0.1) is 12.3 Å². The Balaban J connectivity index is 1.92. The number of fused-ring (bicyclic) bond motifs is 1. The first kappa shape index (κ1) is 10.7. The Morgan fingerprint density at radius 2 is 2.47 bits per heavy atom. The van der Waals surface area contributed by atoms with Crippen LogP contribution >= 0.6 is 11.3 Å². The highest BCUT2D eigenvalue weighted by atomic mass is 32.1. The van der Waals surface area contributed by atoms with Crippen molar-refractivity contribution in [3.63, 3.8) is 0 Å². The van der Waals surface area contributed by atoms with Gasteiger partial charge in [-0.2, -0.15) is 0 Å². The molecule has 1 aliphatic carbocycles. The van der Waals surface area contributed by atoms with Gasteiger partial charge in [-0.3, -0.25) is 5.32 Å². The van der Waals surface area contributed by atoms with Gasteiger partial charge in [0.2, 0.25) is 0 Å². The lowest BCUT2D eigenvalue weighted by Crippen LogP contribution is -2.25. The molecule has 1 nitrogen and oxygen atoms in total. The van der Waals surface area contributed by atoms with Gasteiger partial charge in [-0.15, -0.1) is 17.8 Å². The molecule has 0 spiro atoms. The van der Waals surface area contributed by atoms with E-state index in [0.29, 0.717) is 0 Å². The van der Waals surface area contributed by atoms with Crippen LogP contribution in [0.1, 0.15) is 35.1 Å². The lowest BCUT2D eigenvalue weighted by molar-refractivity contribution is 0.596. The van der Waals surface area contributed by atoms with Crippen LogP contribution in [0.25, 0.3) is 0 Å². The molecule has 1 aromatic rings. The molecule has 1 aliphatic rings. The highest BCUT2D eigenvalue weighted by Gasteiger charge is 2.14. The minimum Gasteiger partial charge on any atom is -0.299 e. The molecule has 0 bridgehead atoms. The maximum atomic E-state index is 5.41. The SMILES string of the molecule is C#CC(CC)NCc1cc2c(s1)CCC2. The first-order chi connectivity index (χ1) is 7.33. The summed E-state index contributed by atoms with van der Waals surface area (Å²) in [6, 6.07) is 2.57. The molecule has 0 radical (unpaired) electrons. The van der Waals surface area contributed by atoms with Gasteiger partial charge in [0, 0.05) is 16.3 Å².